The van der Waals surface area contributed by atoms with Crippen molar-refractivity contribution in [2.75, 3.05) is 0 Å². The zero-order valence-corrected chi connectivity index (χ0v) is 10.9. The molecule has 3 heteroatoms. The zero-order valence-electron chi connectivity index (χ0n) is 10.9. The maximum absolute atomic E-state index is 10.3. The van der Waals surface area contributed by atoms with E-state index in [0.717, 1.165) is 12.8 Å². The summed E-state index contributed by atoms with van der Waals surface area (Å²) < 4.78 is 4.95. The van der Waals surface area contributed by atoms with Gasteiger partial charge in [0, 0.05) is 5.54 Å². The molecular formula is C12H25NO2. The Morgan fingerprint density at radius 3 is 2.13 bits per heavy atom. The van der Waals surface area contributed by atoms with E-state index in [2.05, 4.69) is 39.9 Å². The average Bonchev–Trinajstić information content (AvgIpc) is 1.98. The summed E-state index contributed by atoms with van der Waals surface area (Å²) in [5, 5.41) is 3.35. The maximum Gasteiger partial charge on any atom is 0.294 e. The number of ether oxygens (including phenoxy) is 1. The molecule has 0 fully saturated rings. The molecule has 0 saturated carbocycles. The van der Waals surface area contributed by atoms with Crippen molar-refractivity contribution in [3.63, 3.8) is 0 Å². The minimum absolute atomic E-state index is 0.0259. The number of hydrogen-bond acceptors (Lipinski definition) is 3. The second-order valence-corrected chi connectivity index (χ2v) is 5.89. The highest BCUT2D eigenvalue weighted by Crippen LogP contribution is 2.27. The molecule has 0 heterocycles. The van der Waals surface area contributed by atoms with Crippen molar-refractivity contribution in [3.8, 4) is 0 Å². The SMILES string of the molecule is CCC(NC(C)(C)CC(C)(C)C)OC=O. The Morgan fingerprint density at radius 2 is 1.80 bits per heavy atom. The van der Waals surface area contributed by atoms with Crippen LogP contribution in [0.1, 0.15) is 54.4 Å². The lowest BCUT2D eigenvalue weighted by Crippen LogP contribution is -2.48. The third-order valence-corrected chi connectivity index (χ3v) is 2.11. The molecule has 0 aromatic carbocycles. The molecule has 0 aliphatic carbocycles. The summed E-state index contributed by atoms with van der Waals surface area (Å²) in [5.41, 5.74) is 0.234. The molecule has 0 aliphatic rings. The molecule has 1 N–H and O–H groups in total. The van der Waals surface area contributed by atoms with Gasteiger partial charge in [-0.1, -0.05) is 27.7 Å². The van der Waals surface area contributed by atoms with Crippen LogP contribution in [0.3, 0.4) is 0 Å². The molecule has 0 amide bonds. The van der Waals surface area contributed by atoms with Crippen molar-refractivity contribution in [1.82, 2.24) is 5.32 Å². The van der Waals surface area contributed by atoms with Gasteiger partial charge in [-0.3, -0.25) is 10.1 Å². The fourth-order valence-electron chi connectivity index (χ4n) is 2.11. The first kappa shape index (κ1) is 14.4. The number of nitrogens with one attached hydrogen (secondary N) is 1. The predicted octanol–water partition coefficient (Wildman–Crippen LogP) is 2.70. The summed E-state index contributed by atoms with van der Waals surface area (Å²) in [7, 11) is 0. The summed E-state index contributed by atoms with van der Waals surface area (Å²) in [4.78, 5) is 10.3. The fourth-order valence-corrected chi connectivity index (χ4v) is 2.11. The largest absolute Gasteiger partial charge is 0.449 e. The molecule has 90 valence electrons. The van der Waals surface area contributed by atoms with Crippen molar-refractivity contribution >= 4 is 6.47 Å². The Balaban J connectivity index is 4.27. The van der Waals surface area contributed by atoms with Crippen LogP contribution >= 0.6 is 0 Å². The summed E-state index contributed by atoms with van der Waals surface area (Å²) in [6.07, 6.45) is 1.63. The van der Waals surface area contributed by atoms with Crippen LogP contribution < -0.4 is 5.32 Å². The van der Waals surface area contributed by atoms with Gasteiger partial charge in [0.2, 0.25) is 0 Å². The third-order valence-electron chi connectivity index (χ3n) is 2.11. The summed E-state index contributed by atoms with van der Waals surface area (Å²) >= 11 is 0. The van der Waals surface area contributed by atoms with Crippen molar-refractivity contribution in [2.24, 2.45) is 5.41 Å². The Morgan fingerprint density at radius 1 is 1.27 bits per heavy atom. The van der Waals surface area contributed by atoms with Gasteiger partial charge in [0.15, 0.2) is 6.23 Å². The second kappa shape index (κ2) is 5.50. The monoisotopic (exact) mass is 215 g/mol. The smallest absolute Gasteiger partial charge is 0.294 e. The quantitative estimate of drug-likeness (QED) is 0.547. The molecule has 3 nitrogen and oxygen atoms in total. The predicted molar refractivity (Wildman–Crippen MR) is 62.5 cm³/mol. The topological polar surface area (TPSA) is 38.3 Å². The highest BCUT2D eigenvalue weighted by Gasteiger charge is 2.27. The standard InChI is InChI=1S/C12H25NO2/c1-7-10(15-9-14)13-12(5,6)8-11(2,3)4/h9-10,13H,7-8H2,1-6H3. The van der Waals surface area contributed by atoms with Gasteiger partial charge in [-0.25, -0.2) is 0 Å². The Labute approximate surface area is 93.6 Å². The van der Waals surface area contributed by atoms with Gasteiger partial charge in [0.25, 0.3) is 6.47 Å². The minimum atomic E-state index is -0.181. The van der Waals surface area contributed by atoms with Gasteiger partial charge in [-0.2, -0.15) is 0 Å². The summed E-state index contributed by atoms with van der Waals surface area (Å²) in [5.74, 6) is 0. The molecule has 0 aromatic heterocycles. The lowest BCUT2D eigenvalue weighted by atomic mass is 9.81. The van der Waals surface area contributed by atoms with Gasteiger partial charge < -0.3 is 4.74 Å². The molecule has 1 atom stereocenters. The fraction of sp³-hybridized carbons (Fsp3) is 0.917. The number of rotatable bonds is 6. The van der Waals surface area contributed by atoms with Gasteiger partial charge in [0.1, 0.15) is 0 Å². The van der Waals surface area contributed by atoms with E-state index in [1.165, 1.54) is 0 Å². The van der Waals surface area contributed by atoms with E-state index < -0.39 is 0 Å². The van der Waals surface area contributed by atoms with Crippen LogP contribution in [-0.2, 0) is 9.53 Å². The molecule has 0 bridgehead atoms. The molecular weight excluding hydrogens is 190 g/mol. The lowest BCUT2D eigenvalue weighted by Gasteiger charge is -2.35. The number of carbonyl (C=O) groups excluding carboxylic acids is 1. The molecule has 0 aromatic rings. The van der Waals surface area contributed by atoms with E-state index in [0.29, 0.717) is 6.47 Å². The van der Waals surface area contributed by atoms with Crippen LogP contribution in [0.5, 0.6) is 0 Å². The Hall–Kier alpha value is -0.570. The van der Waals surface area contributed by atoms with Crippen molar-refractivity contribution in [3.05, 3.63) is 0 Å². The Bertz CT molecular complexity index is 194. The van der Waals surface area contributed by atoms with Crippen LogP contribution in [0.25, 0.3) is 0 Å². The Kier molecular flexibility index (Phi) is 5.29. The van der Waals surface area contributed by atoms with Gasteiger partial charge in [0.05, 0.1) is 0 Å². The summed E-state index contributed by atoms with van der Waals surface area (Å²) in [6, 6.07) is 0. The maximum atomic E-state index is 10.3. The molecule has 0 rings (SSSR count). The third kappa shape index (κ3) is 7.37. The van der Waals surface area contributed by atoms with Crippen molar-refractivity contribution < 1.29 is 9.53 Å². The van der Waals surface area contributed by atoms with Gasteiger partial charge >= 0.3 is 0 Å². The molecule has 15 heavy (non-hydrogen) atoms. The molecule has 0 spiro atoms. The molecule has 0 saturated heterocycles. The molecule has 0 radical (unpaired) electrons. The van der Waals surface area contributed by atoms with E-state index in [9.17, 15) is 4.79 Å². The number of hydrogen-bond donors (Lipinski definition) is 1. The molecule has 1 unspecified atom stereocenters. The second-order valence-electron chi connectivity index (χ2n) is 5.89. The van der Waals surface area contributed by atoms with E-state index in [1.807, 2.05) is 6.92 Å². The zero-order chi connectivity index (χ0) is 12.1. The van der Waals surface area contributed by atoms with Crippen LogP contribution in [0, 0.1) is 5.41 Å². The average molecular weight is 215 g/mol. The van der Waals surface area contributed by atoms with Crippen molar-refractivity contribution in [2.45, 2.75) is 66.2 Å². The minimum Gasteiger partial charge on any atom is -0.449 e. The number of carbonyl (C=O) groups is 1. The highest BCUT2D eigenvalue weighted by atomic mass is 16.5. The van der Waals surface area contributed by atoms with Gasteiger partial charge in [-0.15, -0.1) is 0 Å². The summed E-state index contributed by atoms with van der Waals surface area (Å²) in [6.45, 7) is 13.4. The van der Waals surface area contributed by atoms with Crippen molar-refractivity contribution in [1.29, 1.82) is 0 Å². The van der Waals surface area contributed by atoms with Crippen LogP contribution in [0.15, 0.2) is 0 Å². The van der Waals surface area contributed by atoms with E-state index >= 15 is 0 Å². The first-order valence-electron chi connectivity index (χ1n) is 5.57. The first-order valence-corrected chi connectivity index (χ1v) is 5.57. The van der Waals surface area contributed by atoms with E-state index in [-0.39, 0.29) is 17.2 Å². The van der Waals surface area contributed by atoms with Crippen LogP contribution in [0.2, 0.25) is 0 Å². The molecule has 0 aliphatic heterocycles. The van der Waals surface area contributed by atoms with E-state index in [4.69, 9.17) is 4.74 Å². The van der Waals surface area contributed by atoms with Crippen LogP contribution in [0.4, 0.5) is 0 Å². The first-order chi connectivity index (χ1) is 6.70. The lowest BCUT2D eigenvalue weighted by molar-refractivity contribution is -0.136. The highest BCUT2D eigenvalue weighted by molar-refractivity contribution is 5.37. The normalized spacial score (nSPS) is 14.8. The van der Waals surface area contributed by atoms with Gasteiger partial charge in [-0.05, 0) is 32.1 Å². The van der Waals surface area contributed by atoms with Crippen LogP contribution in [-0.4, -0.2) is 18.2 Å². The van der Waals surface area contributed by atoms with E-state index in [1.54, 1.807) is 0 Å².